The van der Waals surface area contributed by atoms with Crippen LogP contribution >= 0.6 is 0 Å². The van der Waals surface area contributed by atoms with E-state index in [1.165, 1.54) is 12.1 Å². The van der Waals surface area contributed by atoms with E-state index in [9.17, 15) is 18.0 Å². The average molecular weight is 336 g/mol. The van der Waals surface area contributed by atoms with Crippen LogP contribution in [0.4, 0.5) is 0 Å². The molecule has 2 amide bonds. The van der Waals surface area contributed by atoms with Gasteiger partial charge in [-0.1, -0.05) is 31.0 Å². The molecule has 1 saturated carbocycles. The smallest absolute Gasteiger partial charge is 0.264 e. The van der Waals surface area contributed by atoms with Crippen molar-refractivity contribution in [1.29, 1.82) is 0 Å². The van der Waals surface area contributed by atoms with Gasteiger partial charge in [-0.15, -0.1) is 0 Å². The normalized spacial score (nSPS) is 22.5. The highest BCUT2D eigenvalue weighted by Crippen LogP contribution is 2.29. The molecule has 1 heterocycles. The Morgan fingerprint density at radius 1 is 1.13 bits per heavy atom. The molecule has 0 spiro atoms. The number of nitrogens with one attached hydrogen (secondary N) is 1. The van der Waals surface area contributed by atoms with Gasteiger partial charge in [-0.2, -0.15) is 0 Å². The van der Waals surface area contributed by atoms with Gasteiger partial charge in [-0.05, 0) is 25.0 Å². The monoisotopic (exact) mass is 336 g/mol. The van der Waals surface area contributed by atoms with E-state index in [0.29, 0.717) is 6.54 Å². The van der Waals surface area contributed by atoms with Crippen molar-refractivity contribution in [2.75, 3.05) is 6.54 Å². The highest BCUT2D eigenvalue weighted by Gasteiger charge is 2.39. The highest BCUT2D eigenvalue weighted by molar-refractivity contribution is 7.90. The fourth-order valence-corrected chi connectivity index (χ4v) is 4.42. The van der Waals surface area contributed by atoms with Gasteiger partial charge in [0.1, 0.15) is 0 Å². The number of rotatable bonds is 4. The number of carbonyl (C=O) groups is 2. The Morgan fingerprint density at radius 2 is 1.78 bits per heavy atom. The van der Waals surface area contributed by atoms with Crippen LogP contribution in [0.2, 0.25) is 0 Å². The first-order chi connectivity index (χ1) is 11.0. The van der Waals surface area contributed by atoms with E-state index in [1.807, 2.05) is 0 Å². The second-order valence-corrected chi connectivity index (χ2v) is 7.85. The minimum atomic E-state index is -3.88. The third-order valence-corrected chi connectivity index (χ3v) is 5.95. The zero-order valence-corrected chi connectivity index (χ0v) is 13.6. The van der Waals surface area contributed by atoms with E-state index in [0.717, 1.165) is 25.7 Å². The molecule has 124 valence electrons. The van der Waals surface area contributed by atoms with Crippen LogP contribution in [-0.4, -0.2) is 37.7 Å². The van der Waals surface area contributed by atoms with Crippen LogP contribution in [0, 0.1) is 5.92 Å². The second kappa shape index (κ2) is 6.31. The lowest BCUT2D eigenvalue weighted by atomic mass is 10.1. The van der Waals surface area contributed by atoms with E-state index in [-0.39, 0.29) is 23.3 Å². The molecule has 23 heavy (non-hydrogen) atoms. The van der Waals surface area contributed by atoms with E-state index in [2.05, 4.69) is 4.72 Å². The van der Waals surface area contributed by atoms with E-state index in [1.54, 1.807) is 23.1 Å². The standard InChI is InChI=1S/C16H20N2O4S/c19-15-10-12(11-18(15)13-6-4-5-7-13)16(20)17-23(21,22)14-8-2-1-3-9-14/h1-3,8-9,12-13H,4-7,10-11H2,(H,17,20). The first-order valence-corrected chi connectivity index (χ1v) is 9.37. The van der Waals surface area contributed by atoms with Crippen molar-refractivity contribution in [2.45, 2.75) is 43.0 Å². The summed E-state index contributed by atoms with van der Waals surface area (Å²) < 4.78 is 26.5. The highest BCUT2D eigenvalue weighted by atomic mass is 32.2. The minimum absolute atomic E-state index is 0.0466. The molecular formula is C16H20N2O4S. The summed E-state index contributed by atoms with van der Waals surface area (Å²) in [5, 5.41) is 0. The van der Waals surface area contributed by atoms with Crippen molar-refractivity contribution in [3.63, 3.8) is 0 Å². The molecule has 6 nitrogen and oxygen atoms in total. The maximum absolute atomic E-state index is 12.3. The van der Waals surface area contributed by atoms with Gasteiger partial charge in [0.05, 0.1) is 10.8 Å². The van der Waals surface area contributed by atoms with Crippen LogP contribution in [0.5, 0.6) is 0 Å². The topological polar surface area (TPSA) is 83.5 Å². The average Bonchev–Trinajstić information content (AvgIpc) is 3.17. The Balaban J connectivity index is 1.66. The molecule has 7 heteroatoms. The Morgan fingerprint density at radius 3 is 2.43 bits per heavy atom. The van der Waals surface area contributed by atoms with Crippen molar-refractivity contribution in [3.05, 3.63) is 30.3 Å². The van der Waals surface area contributed by atoms with E-state index < -0.39 is 21.8 Å². The Hall–Kier alpha value is -1.89. The van der Waals surface area contributed by atoms with Gasteiger partial charge in [0.25, 0.3) is 10.0 Å². The van der Waals surface area contributed by atoms with Gasteiger partial charge in [0.2, 0.25) is 11.8 Å². The molecule has 1 aliphatic heterocycles. The molecule has 3 rings (SSSR count). The molecule has 1 atom stereocenters. The number of benzene rings is 1. The van der Waals surface area contributed by atoms with Gasteiger partial charge < -0.3 is 4.90 Å². The number of likely N-dealkylation sites (tertiary alicyclic amines) is 1. The lowest BCUT2D eigenvalue weighted by molar-refractivity contribution is -0.130. The molecule has 1 N–H and O–H groups in total. The largest absolute Gasteiger partial charge is 0.339 e. The SMILES string of the molecule is O=C(NS(=O)(=O)c1ccccc1)C1CC(=O)N(C2CCCC2)C1. The molecule has 1 saturated heterocycles. The Labute approximate surface area is 135 Å². The van der Waals surface area contributed by atoms with E-state index in [4.69, 9.17) is 0 Å². The molecule has 1 unspecified atom stereocenters. The summed E-state index contributed by atoms with van der Waals surface area (Å²) >= 11 is 0. The van der Waals surface area contributed by atoms with Crippen LogP contribution in [0.3, 0.4) is 0 Å². The van der Waals surface area contributed by atoms with E-state index >= 15 is 0 Å². The molecule has 1 aliphatic carbocycles. The third kappa shape index (κ3) is 3.39. The quantitative estimate of drug-likeness (QED) is 0.898. The lowest BCUT2D eigenvalue weighted by Crippen LogP contribution is -2.38. The van der Waals surface area contributed by atoms with Crippen molar-refractivity contribution in [3.8, 4) is 0 Å². The minimum Gasteiger partial charge on any atom is -0.339 e. The maximum Gasteiger partial charge on any atom is 0.264 e. The predicted molar refractivity (Wildman–Crippen MR) is 83.8 cm³/mol. The molecule has 0 bridgehead atoms. The van der Waals surface area contributed by atoms with Gasteiger partial charge in [0.15, 0.2) is 0 Å². The fraction of sp³-hybridized carbons (Fsp3) is 0.500. The first-order valence-electron chi connectivity index (χ1n) is 7.88. The molecule has 1 aromatic carbocycles. The van der Waals surface area contributed by atoms with Gasteiger partial charge in [-0.3, -0.25) is 9.59 Å². The molecule has 0 aromatic heterocycles. The van der Waals surface area contributed by atoms with Crippen molar-refractivity contribution in [2.24, 2.45) is 5.92 Å². The van der Waals surface area contributed by atoms with Gasteiger partial charge >= 0.3 is 0 Å². The predicted octanol–water partition coefficient (Wildman–Crippen LogP) is 1.28. The summed E-state index contributed by atoms with van der Waals surface area (Å²) in [6.07, 6.45) is 4.25. The summed E-state index contributed by atoms with van der Waals surface area (Å²) in [4.78, 5) is 26.2. The summed E-state index contributed by atoms with van der Waals surface area (Å²) in [5.41, 5.74) is 0. The Kier molecular flexibility index (Phi) is 4.39. The first kappa shape index (κ1) is 16.0. The van der Waals surface area contributed by atoms with Gasteiger partial charge in [0, 0.05) is 19.0 Å². The summed E-state index contributed by atoms with van der Waals surface area (Å²) in [6, 6.07) is 7.97. The lowest BCUT2D eigenvalue weighted by Gasteiger charge is -2.23. The molecular weight excluding hydrogens is 316 g/mol. The second-order valence-electron chi connectivity index (χ2n) is 6.17. The number of sulfonamides is 1. The molecule has 2 aliphatic rings. The summed E-state index contributed by atoms with van der Waals surface area (Å²) in [7, 11) is -3.88. The van der Waals surface area contributed by atoms with Crippen molar-refractivity contribution in [1.82, 2.24) is 9.62 Å². The van der Waals surface area contributed by atoms with Crippen LogP contribution in [0.15, 0.2) is 35.2 Å². The van der Waals surface area contributed by atoms with Crippen molar-refractivity contribution < 1.29 is 18.0 Å². The Bertz CT molecular complexity index is 696. The number of hydrogen-bond donors (Lipinski definition) is 1. The molecule has 2 fully saturated rings. The van der Waals surface area contributed by atoms with Crippen LogP contribution in [0.1, 0.15) is 32.1 Å². The van der Waals surface area contributed by atoms with Crippen molar-refractivity contribution >= 4 is 21.8 Å². The number of hydrogen-bond acceptors (Lipinski definition) is 4. The summed E-state index contributed by atoms with van der Waals surface area (Å²) in [5.74, 6) is -1.24. The van der Waals surface area contributed by atoms with Crippen LogP contribution < -0.4 is 4.72 Å². The van der Waals surface area contributed by atoms with Crippen LogP contribution in [0.25, 0.3) is 0 Å². The zero-order chi connectivity index (χ0) is 16.4. The molecule has 1 aromatic rings. The van der Waals surface area contributed by atoms with Gasteiger partial charge in [-0.25, -0.2) is 13.1 Å². The number of carbonyl (C=O) groups excluding carboxylic acids is 2. The third-order valence-electron chi connectivity index (χ3n) is 4.58. The molecule has 0 radical (unpaired) electrons. The summed E-state index contributed by atoms with van der Waals surface area (Å²) in [6.45, 7) is 0.319. The fourth-order valence-electron chi connectivity index (χ4n) is 3.35. The maximum atomic E-state index is 12.3. The number of amides is 2. The van der Waals surface area contributed by atoms with Crippen LogP contribution in [-0.2, 0) is 19.6 Å². The number of nitrogens with zero attached hydrogens (tertiary/aromatic N) is 1. The zero-order valence-electron chi connectivity index (χ0n) is 12.8.